The van der Waals surface area contributed by atoms with Crippen molar-refractivity contribution < 1.29 is 27.0 Å². The number of nitrogens with one attached hydrogen (secondary N) is 1. The summed E-state index contributed by atoms with van der Waals surface area (Å²) >= 11 is 6.14. The molecule has 0 bridgehead atoms. The second-order valence-corrected chi connectivity index (χ2v) is 6.34. The zero-order valence-corrected chi connectivity index (χ0v) is 14.7. The molecule has 0 saturated carbocycles. The third kappa shape index (κ3) is 3.55. The Morgan fingerprint density at radius 3 is 2.32 bits per heavy atom. The van der Waals surface area contributed by atoms with Crippen LogP contribution >= 0.6 is 11.6 Å². The Balaban J connectivity index is 1.53. The van der Waals surface area contributed by atoms with Crippen molar-refractivity contribution in [3.63, 3.8) is 0 Å². The monoisotopic (exact) mass is 410 g/mol. The van der Waals surface area contributed by atoms with Crippen LogP contribution in [0.5, 0.6) is 11.5 Å². The molecule has 1 aliphatic heterocycles. The van der Waals surface area contributed by atoms with E-state index in [2.05, 4.69) is 19.8 Å². The van der Waals surface area contributed by atoms with Crippen LogP contribution in [0, 0.1) is 11.6 Å². The number of fused-ring (bicyclic) bond motifs is 1. The van der Waals surface area contributed by atoms with Gasteiger partial charge in [-0.15, -0.1) is 8.78 Å². The summed E-state index contributed by atoms with van der Waals surface area (Å²) in [5, 5.41) is 3.00. The van der Waals surface area contributed by atoms with Gasteiger partial charge in [0.15, 0.2) is 11.5 Å². The van der Waals surface area contributed by atoms with Crippen LogP contribution < -0.4 is 14.8 Å². The summed E-state index contributed by atoms with van der Waals surface area (Å²) in [5.41, 5.74) is 0.850. The molecule has 0 amide bonds. The number of alkyl halides is 2. The predicted octanol–water partition coefficient (Wildman–Crippen LogP) is 5.61. The molecule has 1 aliphatic rings. The quantitative estimate of drug-likeness (QED) is 0.567. The Kier molecular flexibility index (Phi) is 4.50. The zero-order valence-electron chi connectivity index (χ0n) is 14.0. The van der Waals surface area contributed by atoms with Gasteiger partial charge in [0, 0.05) is 35.5 Å². The van der Waals surface area contributed by atoms with Gasteiger partial charge in [-0.25, -0.2) is 13.8 Å². The summed E-state index contributed by atoms with van der Waals surface area (Å²) < 4.78 is 62.4. The van der Waals surface area contributed by atoms with E-state index in [0.717, 1.165) is 0 Å². The van der Waals surface area contributed by atoms with Gasteiger partial charge in [-0.2, -0.15) is 0 Å². The van der Waals surface area contributed by atoms with Gasteiger partial charge in [0.1, 0.15) is 17.5 Å². The smallest absolute Gasteiger partial charge is 0.395 e. The average molecular weight is 411 g/mol. The van der Waals surface area contributed by atoms with E-state index in [1.165, 1.54) is 36.5 Å². The first-order valence-corrected chi connectivity index (χ1v) is 8.43. The molecule has 2 aromatic carbocycles. The second-order valence-electron chi connectivity index (χ2n) is 5.93. The number of hydrogen-bond acceptors (Lipinski definition) is 4. The van der Waals surface area contributed by atoms with Crippen LogP contribution in [0.25, 0.3) is 11.1 Å². The van der Waals surface area contributed by atoms with Crippen molar-refractivity contribution in [2.45, 2.75) is 12.8 Å². The van der Waals surface area contributed by atoms with E-state index >= 15 is 0 Å². The number of nitrogens with zero attached hydrogens (tertiary/aromatic N) is 1. The Morgan fingerprint density at radius 1 is 1.00 bits per heavy atom. The van der Waals surface area contributed by atoms with Crippen LogP contribution in [-0.2, 0) is 6.54 Å². The molecule has 9 heteroatoms. The number of rotatable bonds is 4. The average Bonchev–Trinajstić information content (AvgIpc) is 2.94. The molecule has 0 fully saturated rings. The third-order valence-corrected chi connectivity index (χ3v) is 4.39. The van der Waals surface area contributed by atoms with E-state index in [1.54, 1.807) is 12.1 Å². The zero-order chi connectivity index (χ0) is 19.9. The molecule has 0 spiro atoms. The number of pyridine rings is 1. The Labute approximate surface area is 161 Å². The Hall–Kier alpha value is -3.00. The molecule has 0 atom stereocenters. The summed E-state index contributed by atoms with van der Waals surface area (Å²) in [6.07, 6.45) is -2.29. The number of anilines is 1. The van der Waals surface area contributed by atoms with Crippen molar-refractivity contribution in [2.75, 3.05) is 5.32 Å². The first kappa shape index (κ1) is 18.4. The molecule has 1 aromatic heterocycles. The van der Waals surface area contributed by atoms with Gasteiger partial charge in [0.25, 0.3) is 0 Å². The fourth-order valence-electron chi connectivity index (χ4n) is 2.73. The van der Waals surface area contributed by atoms with Gasteiger partial charge in [-0.05, 0) is 30.3 Å². The molecule has 4 nitrogen and oxygen atoms in total. The van der Waals surface area contributed by atoms with Gasteiger partial charge >= 0.3 is 6.29 Å². The lowest BCUT2D eigenvalue weighted by Gasteiger charge is -2.09. The minimum atomic E-state index is -3.74. The molecular formula is C19H11ClF4N2O2. The molecule has 0 aliphatic carbocycles. The van der Waals surface area contributed by atoms with Crippen LogP contribution in [0.1, 0.15) is 5.56 Å². The van der Waals surface area contributed by atoms with Crippen molar-refractivity contribution in [1.29, 1.82) is 0 Å². The highest BCUT2D eigenvalue weighted by Crippen LogP contribution is 2.46. The summed E-state index contributed by atoms with van der Waals surface area (Å²) in [6, 6.07) is 9.39. The van der Waals surface area contributed by atoms with E-state index in [1.807, 2.05) is 0 Å². The van der Waals surface area contributed by atoms with Crippen molar-refractivity contribution in [3.8, 4) is 22.6 Å². The lowest BCUT2D eigenvalue weighted by Crippen LogP contribution is -2.25. The number of hydrogen-bond donors (Lipinski definition) is 1. The molecule has 144 valence electrons. The maximum atomic E-state index is 13.7. The largest absolute Gasteiger partial charge is 0.586 e. The molecule has 0 saturated heterocycles. The molecule has 0 radical (unpaired) electrons. The number of aromatic nitrogens is 1. The maximum absolute atomic E-state index is 13.7. The van der Waals surface area contributed by atoms with Crippen molar-refractivity contribution >= 4 is 17.4 Å². The predicted molar refractivity (Wildman–Crippen MR) is 94.6 cm³/mol. The highest BCUT2D eigenvalue weighted by molar-refractivity contribution is 6.33. The van der Waals surface area contributed by atoms with Crippen LogP contribution in [0.2, 0.25) is 5.02 Å². The molecule has 3 aromatic rings. The fourth-order valence-corrected chi connectivity index (χ4v) is 2.99. The standard InChI is InChI=1S/C19H11ClF4N2O2/c20-13-7-17-16(27-19(23,24)28-17)6-11(13)10-4-5-18(25-8-10)26-9-12-14(21)2-1-3-15(12)22/h1-8H,9H2,(H,25,26). The van der Waals surface area contributed by atoms with Gasteiger partial charge in [-0.1, -0.05) is 17.7 Å². The molecule has 0 unspecified atom stereocenters. The van der Waals surface area contributed by atoms with Crippen LogP contribution in [-0.4, -0.2) is 11.3 Å². The van der Waals surface area contributed by atoms with Crippen molar-refractivity contribution in [1.82, 2.24) is 4.98 Å². The minimum absolute atomic E-state index is 0.0925. The van der Waals surface area contributed by atoms with Crippen LogP contribution in [0.15, 0.2) is 48.7 Å². The lowest BCUT2D eigenvalue weighted by molar-refractivity contribution is -0.286. The van der Waals surface area contributed by atoms with E-state index < -0.39 is 17.9 Å². The molecule has 1 N–H and O–H groups in total. The molecule has 4 rings (SSSR count). The SMILES string of the molecule is Fc1cccc(F)c1CNc1ccc(-c2cc3c(cc2Cl)OC(F)(F)O3)cn1. The molecular weight excluding hydrogens is 400 g/mol. The highest BCUT2D eigenvalue weighted by atomic mass is 35.5. The normalized spacial score (nSPS) is 14.2. The molecule has 2 heterocycles. The molecule has 28 heavy (non-hydrogen) atoms. The number of halogens is 5. The summed E-state index contributed by atoms with van der Waals surface area (Å²) in [7, 11) is 0. The van der Waals surface area contributed by atoms with Gasteiger partial charge < -0.3 is 14.8 Å². The third-order valence-electron chi connectivity index (χ3n) is 4.07. The minimum Gasteiger partial charge on any atom is -0.395 e. The van der Waals surface area contributed by atoms with E-state index in [-0.39, 0.29) is 28.6 Å². The van der Waals surface area contributed by atoms with E-state index in [4.69, 9.17) is 11.6 Å². The first-order chi connectivity index (χ1) is 13.3. The summed E-state index contributed by atoms with van der Waals surface area (Å²) in [5.74, 6) is -1.24. The van der Waals surface area contributed by atoms with Gasteiger partial charge in [-0.3, -0.25) is 0 Å². The lowest BCUT2D eigenvalue weighted by atomic mass is 10.1. The van der Waals surface area contributed by atoms with Gasteiger partial charge in [0.2, 0.25) is 0 Å². The van der Waals surface area contributed by atoms with E-state index in [0.29, 0.717) is 16.9 Å². The fraction of sp³-hybridized carbons (Fsp3) is 0.105. The van der Waals surface area contributed by atoms with Crippen LogP contribution in [0.3, 0.4) is 0 Å². The topological polar surface area (TPSA) is 43.4 Å². The maximum Gasteiger partial charge on any atom is 0.586 e. The number of ether oxygens (including phenoxy) is 2. The van der Waals surface area contributed by atoms with Gasteiger partial charge in [0.05, 0.1) is 5.02 Å². The highest BCUT2D eigenvalue weighted by Gasteiger charge is 2.43. The van der Waals surface area contributed by atoms with Crippen molar-refractivity contribution in [3.05, 3.63) is 70.9 Å². The summed E-state index contributed by atoms with van der Waals surface area (Å²) in [4.78, 5) is 4.16. The van der Waals surface area contributed by atoms with E-state index in [9.17, 15) is 17.6 Å². The van der Waals surface area contributed by atoms with Crippen molar-refractivity contribution in [2.24, 2.45) is 0 Å². The Bertz CT molecular complexity index is 1020. The van der Waals surface area contributed by atoms with Crippen LogP contribution in [0.4, 0.5) is 23.4 Å². The Morgan fingerprint density at radius 2 is 1.68 bits per heavy atom. The second kappa shape index (κ2) is 6.87. The summed E-state index contributed by atoms with van der Waals surface area (Å²) in [6.45, 7) is -0.0925. The number of benzene rings is 2. The first-order valence-electron chi connectivity index (χ1n) is 8.05.